The molecule has 7 heteroatoms. The van der Waals surface area contributed by atoms with Gasteiger partial charge >= 0.3 is 0 Å². The topological polar surface area (TPSA) is 35.9 Å². The first kappa shape index (κ1) is 26.3. The Hall–Kier alpha value is -1.77. The summed E-state index contributed by atoms with van der Waals surface area (Å²) in [5, 5.41) is 10.6. The van der Waals surface area contributed by atoms with Gasteiger partial charge in [-0.15, -0.1) is 0 Å². The molecule has 4 nitrogen and oxygen atoms in total. The first-order valence-corrected chi connectivity index (χ1v) is 15.2. The molecule has 0 aliphatic carbocycles. The van der Waals surface area contributed by atoms with Crippen molar-refractivity contribution in [2.24, 2.45) is 0 Å². The van der Waals surface area contributed by atoms with Crippen molar-refractivity contribution in [1.82, 2.24) is 9.80 Å². The van der Waals surface area contributed by atoms with Crippen LogP contribution in [0.5, 0.6) is 11.5 Å². The number of hydrogen-bond acceptors (Lipinski definition) is 7. The van der Waals surface area contributed by atoms with Gasteiger partial charge in [0.2, 0.25) is 0 Å². The smallest absolute Gasteiger partial charge is 0.123 e. The highest BCUT2D eigenvalue weighted by Crippen LogP contribution is 2.37. The lowest BCUT2D eigenvalue weighted by atomic mass is 10.0. The minimum Gasteiger partial charge on any atom is -0.508 e. The predicted molar refractivity (Wildman–Crippen MR) is 152 cm³/mol. The van der Waals surface area contributed by atoms with E-state index in [1.165, 1.54) is 47.3 Å². The van der Waals surface area contributed by atoms with E-state index >= 15 is 0 Å². The van der Waals surface area contributed by atoms with Crippen LogP contribution in [0, 0.1) is 3.82 Å². The lowest BCUT2D eigenvalue weighted by Crippen LogP contribution is -2.45. The molecule has 0 spiro atoms. The van der Waals surface area contributed by atoms with E-state index in [-0.39, 0.29) is 0 Å². The molecule has 1 aliphatic heterocycles. The average Bonchev–Trinajstić information content (AvgIpc) is 3.25. The summed E-state index contributed by atoms with van der Waals surface area (Å²) in [6.45, 7) is 7.90. The maximum Gasteiger partial charge on any atom is 0.123 e. The van der Waals surface area contributed by atoms with Crippen LogP contribution < -0.4 is 4.74 Å². The van der Waals surface area contributed by atoms with Crippen LogP contribution in [-0.2, 0) is 19.5 Å². The van der Waals surface area contributed by atoms with Gasteiger partial charge in [0.05, 0.1) is 12.0 Å². The Labute approximate surface area is 222 Å². The summed E-state index contributed by atoms with van der Waals surface area (Å²) in [6, 6.07) is 14.4. The summed E-state index contributed by atoms with van der Waals surface area (Å²) in [7, 11) is 5.23. The number of aromatic hydroxyl groups is 1. The van der Waals surface area contributed by atoms with Crippen LogP contribution in [0.2, 0.25) is 0 Å². The van der Waals surface area contributed by atoms with E-state index < -0.39 is 0 Å². The standard InChI is InChI=1S/C28H36N2O2S3/c1-3-4-5-6-10-24-27(34-35-28(24)33)21-12-13-25(31)23(18-21)20-30-16-14-29(15-17-30)19-22-9-7-8-11-26(22)32-2/h7-9,11-13,18,31H,3-6,10,14-17,19-20H2,1-2H3. The molecule has 0 atom stereocenters. The van der Waals surface area contributed by atoms with Gasteiger partial charge < -0.3 is 9.84 Å². The summed E-state index contributed by atoms with van der Waals surface area (Å²) in [5.41, 5.74) is 4.75. The maximum absolute atomic E-state index is 10.6. The largest absolute Gasteiger partial charge is 0.508 e. The second-order valence-electron chi connectivity index (χ2n) is 9.28. The normalized spacial score (nSPS) is 14.9. The summed E-state index contributed by atoms with van der Waals surface area (Å²) < 4.78 is 6.55. The Morgan fingerprint density at radius 1 is 0.914 bits per heavy atom. The van der Waals surface area contributed by atoms with Crippen LogP contribution in [0.1, 0.15) is 49.3 Å². The van der Waals surface area contributed by atoms with Gasteiger partial charge in [0.15, 0.2) is 0 Å². The van der Waals surface area contributed by atoms with Crippen molar-refractivity contribution in [3.63, 3.8) is 0 Å². The Kier molecular flexibility index (Phi) is 9.75. The number of phenolic OH excluding ortho intramolecular Hbond substituents is 1. The highest BCUT2D eigenvalue weighted by Gasteiger charge is 2.20. The van der Waals surface area contributed by atoms with E-state index in [0.717, 1.165) is 60.8 Å². The molecule has 0 unspecified atom stereocenters. The van der Waals surface area contributed by atoms with Gasteiger partial charge in [-0.1, -0.05) is 77.3 Å². The van der Waals surface area contributed by atoms with Crippen LogP contribution in [-0.4, -0.2) is 48.2 Å². The van der Waals surface area contributed by atoms with Crippen LogP contribution in [0.3, 0.4) is 0 Å². The quantitative estimate of drug-likeness (QED) is 0.160. The summed E-state index contributed by atoms with van der Waals surface area (Å²) in [4.78, 5) is 6.21. The third-order valence-electron chi connectivity index (χ3n) is 6.79. The molecule has 1 aromatic heterocycles. The van der Waals surface area contributed by atoms with Gasteiger partial charge in [0.25, 0.3) is 0 Å². The second-order valence-corrected chi connectivity index (χ2v) is 12.1. The first-order valence-electron chi connectivity index (χ1n) is 12.6. The zero-order chi connectivity index (χ0) is 24.6. The molecule has 1 aliphatic rings. The Morgan fingerprint density at radius 3 is 2.34 bits per heavy atom. The molecule has 0 bridgehead atoms. The molecular weight excluding hydrogens is 493 g/mol. The van der Waals surface area contributed by atoms with Crippen molar-refractivity contribution < 1.29 is 9.84 Å². The van der Waals surface area contributed by atoms with E-state index in [1.54, 1.807) is 27.8 Å². The Bertz CT molecular complexity index is 1150. The fraction of sp³-hybridized carbons (Fsp3) is 0.464. The number of benzene rings is 2. The van der Waals surface area contributed by atoms with Gasteiger partial charge in [-0.05, 0) is 48.2 Å². The highest BCUT2D eigenvalue weighted by molar-refractivity contribution is 7.80. The van der Waals surface area contributed by atoms with Crippen molar-refractivity contribution in [3.05, 3.63) is 63.0 Å². The summed E-state index contributed by atoms with van der Waals surface area (Å²) in [5.74, 6) is 1.34. The van der Waals surface area contributed by atoms with Crippen molar-refractivity contribution in [2.75, 3.05) is 33.3 Å². The predicted octanol–water partition coefficient (Wildman–Crippen LogP) is 7.36. The summed E-state index contributed by atoms with van der Waals surface area (Å²) >= 11 is 5.67. The maximum atomic E-state index is 10.6. The number of unbranched alkanes of at least 4 members (excludes halogenated alkanes) is 3. The molecule has 1 fully saturated rings. The number of phenols is 1. The molecule has 2 aromatic carbocycles. The van der Waals surface area contributed by atoms with Gasteiger partial charge in [-0.2, -0.15) is 0 Å². The minimum absolute atomic E-state index is 0.383. The molecule has 1 saturated heterocycles. The molecule has 0 radical (unpaired) electrons. The number of methoxy groups -OCH3 is 1. The van der Waals surface area contributed by atoms with Crippen molar-refractivity contribution in [1.29, 1.82) is 0 Å². The first-order chi connectivity index (χ1) is 17.1. The van der Waals surface area contributed by atoms with Crippen LogP contribution in [0.25, 0.3) is 10.4 Å². The van der Waals surface area contributed by atoms with Gasteiger partial charge in [-0.3, -0.25) is 9.80 Å². The minimum atomic E-state index is 0.383. The van der Waals surface area contributed by atoms with E-state index in [2.05, 4.69) is 34.9 Å². The molecule has 0 saturated carbocycles. The zero-order valence-corrected chi connectivity index (χ0v) is 23.2. The fourth-order valence-corrected chi connectivity index (χ4v) is 7.71. The zero-order valence-electron chi connectivity index (χ0n) is 20.8. The number of piperazine rings is 1. The average molecular weight is 529 g/mol. The Balaban J connectivity index is 1.39. The van der Waals surface area contributed by atoms with E-state index in [0.29, 0.717) is 5.75 Å². The van der Waals surface area contributed by atoms with Crippen LogP contribution in [0.4, 0.5) is 0 Å². The van der Waals surface area contributed by atoms with E-state index in [1.807, 2.05) is 24.3 Å². The molecule has 0 amide bonds. The number of para-hydroxylation sites is 1. The number of ether oxygens (including phenoxy) is 1. The molecule has 2 heterocycles. The lowest BCUT2D eigenvalue weighted by molar-refractivity contribution is 0.120. The van der Waals surface area contributed by atoms with E-state index in [9.17, 15) is 5.11 Å². The molecule has 3 aromatic rings. The van der Waals surface area contributed by atoms with E-state index in [4.69, 9.17) is 17.0 Å². The molecule has 188 valence electrons. The molecular formula is C28H36N2O2S3. The summed E-state index contributed by atoms with van der Waals surface area (Å²) in [6.07, 6.45) is 6.03. The number of rotatable bonds is 11. The highest BCUT2D eigenvalue weighted by atomic mass is 32.9. The molecule has 35 heavy (non-hydrogen) atoms. The SMILES string of the molecule is CCCCCCc1c(-c2ccc(O)c(CN3CCN(Cc4ccccc4OC)CC3)c2)ssc1=S. The number of nitrogens with zero attached hydrogens (tertiary/aromatic N) is 2. The second kappa shape index (κ2) is 13.0. The molecule has 4 rings (SSSR count). The molecule has 1 N–H and O–H groups in total. The van der Waals surface area contributed by atoms with Crippen molar-refractivity contribution in [3.8, 4) is 21.9 Å². The van der Waals surface area contributed by atoms with Gasteiger partial charge in [0, 0.05) is 50.4 Å². The third kappa shape index (κ3) is 6.92. The third-order valence-corrected chi connectivity index (χ3v) is 9.98. The lowest BCUT2D eigenvalue weighted by Gasteiger charge is -2.35. The van der Waals surface area contributed by atoms with Crippen LogP contribution in [0.15, 0.2) is 42.5 Å². The Morgan fingerprint density at radius 2 is 1.63 bits per heavy atom. The monoisotopic (exact) mass is 528 g/mol. The van der Waals surface area contributed by atoms with Crippen molar-refractivity contribution >= 4 is 32.9 Å². The fourth-order valence-electron chi connectivity index (χ4n) is 4.71. The van der Waals surface area contributed by atoms with Crippen LogP contribution >= 0.6 is 32.9 Å². The number of hydrogen-bond donors (Lipinski definition) is 1. The van der Waals surface area contributed by atoms with Gasteiger partial charge in [-0.25, -0.2) is 0 Å². The van der Waals surface area contributed by atoms with Crippen molar-refractivity contribution in [2.45, 2.75) is 52.1 Å². The van der Waals surface area contributed by atoms with Gasteiger partial charge in [0.1, 0.15) is 15.3 Å².